The number of likely N-dealkylation sites (N-methyl/N-ethyl adjacent to an activating group) is 1. The molecule has 0 aromatic heterocycles. The quantitative estimate of drug-likeness (QED) is 0.635. The first-order valence-electron chi connectivity index (χ1n) is 10.4. The van der Waals surface area contributed by atoms with Crippen LogP contribution in [-0.2, 0) is 19.2 Å². The third kappa shape index (κ3) is 4.47. The smallest absolute Gasteiger partial charge is 0.251 e. The number of fused-ring (bicyclic) bond motifs is 1. The van der Waals surface area contributed by atoms with E-state index in [9.17, 15) is 19.2 Å². The average Bonchev–Trinajstić information content (AvgIpc) is 3.22. The standard InChI is InChI=1S/C23H24N4O4S/c1-24-19(29)13-27-16-9-5-6-10-17(16)32-21(14-7-3-2-4-8-14)20(23(27)31)26-22(30)15-11-12-18(28)25-15/h2-10,15,20-21H,11-13H2,1H3,(H,24,29)(H,25,28)(H,26,30)/t15-,20-,21+/m0/s1. The van der Waals surface area contributed by atoms with Gasteiger partial charge in [0.25, 0.3) is 5.91 Å². The van der Waals surface area contributed by atoms with Crippen molar-refractivity contribution in [3.8, 4) is 0 Å². The van der Waals surface area contributed by atoms with Gasteiger partial charge in [-0.2, -0.15) is 0 Å². The molecule has 0 bridgehead atoms. The second kappa shape index (κ2) is 9.44. The van der Waals surface area contributed by atoms with Crippen molar-refractivity contribution in [3.63, 3.8) is 0 Å². The van der Waals surface area contributed by atoms with Crippen molar-refractivity contribution in [1.82, 2.24) is 16.0 Å². The summed E-state index contributed by atoms with van der Waals surface area (Å²) in [7, 11) is 1.51. The molecule has 0 unspecified atom stereocenters. The average molecular weight is 453 g/mol. The van der Waals surface area contributed by atoms with Gasteiger partial charge in [-0.15, -0.1) is 11.8 Å². The van der Waals surface area contributed by atoms with Crippen molar-refractivity contribution in [1.29, 1.82) is 0 Å². The summed E-state index contributed by atoms with van der Waals surface area (Å²) < 4.78 is 0. The minimum atomic E-state index is -0.926. The third-order valence-electron chi connectivity index (χ3n) is 5.56. The fourth-order valence-corrected chi connectivity index (χ4v) is 5.24. The molecule has 1 saturated heterocycles. The lowest BCUT2D eigenvalue weighted by Crippen LogP contribution is -2.55. The van der Waals surface area contributed by atoms with Crippen LogP contribution in [-0.4, -0.2) is 49.3 Å². The Morgan fingerprint density at radius 2 is 1.81 bits per heavy atom. The maximum absolute atomic E-state index is 13.8. The number of benzene rings is 2. The third-order valence-corrected chi connectivity index (χ3v) is 6.96. The van der Waals surface area contributed by atoms with Crippen LogP contribution in [0.2, 0.25) is 0 Å². The Bertz CT molecular complexity index is 1050. The van der Waals surface area contributed by atoms with Gasteiger partial charge in [0.1, 0.15) is 18.6 Å². The van der Waals surface area contributed by atoms with E-state index in [4.69, 9.17) is 0 Å². The molecule has 9 heteroatoms. The summed E-state index contributed by atoms with van der Waals surface area (Å²) in [6.45, 7) is -0.166. The van der Waals surface area contributed by atoms with E-state index in [1.54, 1.807) is 6.07 Å². The lowest BCUT2D eigenvalue weighted by molar-refractivity contribution is -0.130. The molecule has 0 saturated carbocycles. The fraction of sp³-hybridized carbons (Fsp3) is 0.304. The number of nitrogens with zero attached hydrogens (tertiary/aromatic N) is 1. The van der Waals surface area contributed by atoms with Crippen LogP contribution in [0, 0.1) is 0 Å². The van der Waals surface area contributed by atoms with Crippen LogP contribution in [0.15, 0.2) is 59.5 Å². The first-order chi connectivity index (χ1) is 15.5. The molecular formula is C23H24N4O4S. The molecular weight excluding hydrogens is 428 g/mol. The SMILES string of the molecule is CNC(=O)CN1C(=O)[C@@H](NC(=O)[C@@H]2CCC(=O)N2)[C@@H](c2ccccc2)Sc2ccccc21. The zero-order valence-electron chi connectivity index (χ0n) is 17.5. The number of para-hydroxylation sites is 1. The van der Waals surface area contributed by atoms with Crippen LogP contribution in [0.4, 0.5) is 5.69 Å². The van der Waals surface area contributed by atoms with Gasteiger partial charge in [0, 0.05) is 18.4 Å². The molecule has 2 aliphatic rings. The number of carbonyl (C=O) groups is 4. The summed E-state index contributed by atoms with van der Waals surface area (Å²) in [5.74, 6) is -1.27. The number of hydrogen-bond donors (Lipinski definition) is 3. The molecule has 4 rings (SSSR count). The number of hydrogen-bond acceptors (Lipinski definition) is 5. The minimum absolute atomic E-state index is 0.166. The first-order valence-corrected chi connectivity index (χ1v) is 11.3. The second-order valence-electron chi connectivity index (χ2n) is 7.66. The van der Waals surface area contributed by atoms with Gasteiger partial charge in [-0.1, -0.05) is 42.5 Å². The lowest BCUT2D eigenvalue weighted by Gasteiger charge is -2.29. The van der Waals surface area contributed by atoms with E-state index in [1.165, 1.54) is 23.7 Å². The normalized spacial score (nSPS) is 22.5. The van der Waals surface area contributed by atoms with Crippen molar-refractivity contribution in [2.75, 3.05) is 18.5 Å². The molecule has 2 aliphatic heterocycles. The van der Waals surface area contributed by atoms with Gasteiger partial charge in [-0.05, 0) is 24.1 Å². The number of thioether (sulfide) groups is 1. The Hall–Kier alpha value is -3.33. The molecule has 32 heavy (non-hydrogen) atoms. The Morgan fingerprint density at radius 3 is 2.50 bits per heavy atom. The van der Waals surface area contributed by atoms with Gasteiger partial charge in [0.05, 0.1) is 10.9 Å². The number of carbonyl (C=O) groups excluding carboxylic acids is 4. The first kappa shape index (κ1) is 21.9. The molecule has 2 aromatic carbocycles. The van der Waals surface area contributed by atoms with Crippen LogP contribution < -0.4 is 20.9 Å². The summed E-state index contributed by atoms with van der Waals surface area (Å²) in [5, 5.41) is 7.67. The molecule has 8 nitrogen and oxygen atoms in total. The maximum atomic E-state index is 13.8. The van der Waals surface area contributed by atoms with Gasteiger partial charge >= 0.3 is 0 Å². The van der Waals surface area contributed by atoms with E-state index < -0.39 is 23.2 Å². The van der Waals surface area contributed by atoms with Crippen molar-refractivity contribution in [2.24, 2.45) is 0 Å². The summed E-state index contributed by atoms with van der Waals surface area (Å²) in [4.78, 5) is 52.8. The molecule has 2 heterocycles. The molecule has 0 spiro atoms. The van der Waals surface area contributed by atoms with Gasteiger partial charge in [0.15, 0.2) is 0 Å². The molecule has 4 amide bonds. The minimum Gasteiger partial charge on any atom is -0.358 e. The van der Waals surface area contributed by atoms with Crippen molar-refractivity contribution in [2.45, 2.75) is 35.1 Å². The van der Waals surface area contributed by atoms with E-state index in [1.807, 2.05) is 48.5 Å². The van der Waals surface area contributed by atoms with Crippen molar-refractivity contribution >= 4 is 41.1 Å². The molecule has 1 fully saturated rings. The largest absolute Gasteiger partial charge is 0.358 e. The van der Waals surface area contributed by atoms with Crippen LogP contribution in [0.25, 0.3) is 0 Å². The van der Waals surface area contributed by atoms with Crippen LogP contribution in [0.3, 0.4) is 0 Å². The maximum Gasteiger partial charge on any atom is 0.251 e. The Labute approximate surface area is 190 Å². The molecule has 2 aromatic rings. The number of rotatable bonds is 5. The Kier molecular flexibility index (Phi) is 6.45. The molecule has 166 valence electrons. The summed E-state index contributed by atoms with van der Waals surface area (Å²) >= 11 is 1.47. The van der Waals surface area contributed by atoms with Gasteiger partial charge in [-0.25, -0.2) is 0 Å². The van der Waals surface area contributed by atoms with Crippen LogP contribution in [0.5, 0.6) is 0 Å². The summed E-state index contributed by atoms with van der Waals surface area (Å²) in [5.41, 5.74) is 1.50. The molecule has 3 N–H and O–H groups in total. The predicted octanol–water partition coefficient (Wildman–Crippen LogP) is 1.38. The molecule has 0 aliphatic carbocycles. The monoisotopic (exact) mass is 452 g/mol. The van der Waals surface area contributed by atoms with E-state index >= 15 is 0 Å². The van der Waals surface area contributed by atoms with Gasteiger partial charge < -0.3 is 20.9 Å². The van der Waals surface area contributed by atoms with Crippen LogP contribution >= 0.6 is 11.8 Å². The van der Waals surface area contributed by atoms with Crippen molar-refractivity contribution in [3.05, 3.63) is 60.2 Å². The zero-order chi connectivity index (χ0) is 22.7. The highest BCUT2D eigenvalue weighted by molar-refractivity contribution is 7.99. The number of anilines is 1. The summed E-state index contributed by atoms with van der Waals surface area (Å²) in [6, 6.07) is 15.3. The number of amides is 4. The van der Waals surface area contributed by atoms with E-state index in [-0.39, 0.29) is 30.7 Å². The highest BCUT2D eigenvalue weighted by Crippen LogP contribution is 2.45. The molecule has 3 atom stereocenters. The topological polar surface area (TPSA) is 108 Å². The predicted molar refractivity (Wildman–Crippen MR) is 121 cm³/mol. The van der Waals surface area contributed by atoms with Gasteiger partial charge in [0.2, 0.25) is 17.7 Å². The fourth-order valence-electron chi connectivity index (χ4n) is 3.89. The van der Waals surface area contributed by atoms with E-state index in [0.29, 0.717) is 12.1 Å². The van der Waals surface area contributed by atoms with Crippen molar-refractivity contribution < 1.29 is 19.2 Å². The van der Waals surface area contributed by atoms with Crippen LogP contribution in [0.1, 0.15) is 23.7 Å². The second-order valence-corrected chi connectivity index (χ2v) is 8.84. The summed E-state index contributed by atoms with van der Waals surface area (Å²) in [6.07, 6.45) is 0.665. The molecule has 0 radical (unpaired) electrons. The Morgan fingerprint density at radius 1 is 1.09 bits per heavy atom. The van der Waals surface area contributed by atoms with E-state index in [0.717, 1.165) is 10.5 Å². The van der Waals surface area contributed by atoms with Gasteiger partial charge in [-0.3, -0.25) is 19.2 Å². The highest BCUT2D eigenvalue weighted by atomic mass is 32.2. The Balaban J connectivity index is 1.74. The highest BCUT2D eigenvalue weighted by Gasteiger charge is 2.41. The lowest BCUT2D eigenvalue weighted by atomic mass is 10.0. The number of nitrogens with one attached hydrogen (secondary N) is 3. The zero-order valence-corrected chi connectivity index (χ0v) is 18.4. The van der Waals surface area contributed by atoms with E-state index in [2.05, 4.69) is 16.0 Å².